The third-order valence-corrected chi connectivity index (χ3v) is 2.54. The van der Waals surface area contributed by atoms with Gasteiger partial charge in [-0.1, -0.05) is 6.92 Å². The average molecular weight is 239 g/mol. The number of nitrogens with zero attached hydrogens (tertiary/aromatic N) is 4. The van der Waals surface area contributed by atoms with Crippen molar-refractivity contribution in [3.8, 4) is 0 Å². The zero-order valence-electron chi connectivity index (χ0n) is 11.0. The van der Waals surface area contributed by atoms with E-state index in [2.05, 4.69) is 33.7 Å². The Hall–Kier alpha value is -1.43. The molecule has 1 unspecified atom stereocenters. The lowest BCUT2D eigenvalue weighted by Crippen LogP contribution is -2.37. The van der Waals surface area contributed by atoms with Gasteiger partial charge in [-0.05, 0) is 13.8 Å². The van der Waals surface area contributed by atoms with Crippen LogP contribution in [0.15, 0.2) is 0 Å². The predicted molar refractivity (Wildman–Crippen MR) is 68.0 cm³/mol. The number of aromatic nitrogens is 3. The Bertz CT molecular complexity index is 358. The molecule has 17 heavy (non-hydrogen) atoms. The second-order valence-corrected chi connectivity index (χ2v) is 3.85. The molecule has 0 aromatic carbocycles. The van der Waals surface area contributed by atoms with E-state index >= 15 is 0 Å². The number of rotatable bonds is 6. The molecule has 1 atom stereocenters. The molecule has 0 amide bonds. The molecule has 0 aliphatic rings. The highest BCUT2D eigenvalue weighted by molar-refractivity contribution is 5.35. The summed E-state index contributed by atoms with van der Waals surface area (Å²) in [6, 6.07) is 0.205. The van der Waals surface area contributed by atoms with Crippen molar-refractivity contribution in [2.24, 2.45) is 0 Å². The molecule has 0 aliphatic heterocycles. The molecule has 96 valence electrons. The number of ether oxygens (including phenoxy) is 1. The Labute approximate surface area is 102 Å². The number of likely N-dealkylation sites (N-methyl/N-ethyl adjacent to an activating group) is 1. The van der Waals surface area contributed by atoms with E-state index in [1.807, 2.05) is 6.92 Å². The van der Waals surface area contributed by atoms with Gasteiger partial charge in [0.05, 0.1) is 12.6 Å². The van der Waals surface area contributed by atoms with Crippen LogP contribution >= 0.6 is 0 Å². The number of nitrogen functional groups attached to an aromatic ring is 1. The van der Waals surface area contributed by atoms with Crippen LogP contribution in [0.1, 0.15) is 26.6 Å². The fraction of sp³-hybridized carbons (Fsp3) is 0.727. The van der Waals surface area contributed by atoms with Crippen molar-refractivity contribution in [3.05, 3.63) is 5.82 Å². The first-order valence-electron chi connectivity index (χ1n) is 5.88. The zero-order chi connectivity index (χ0) is 12.8. The van der Waals surface area contributed by atoms with Gasteiger partial charge in [0.1, 0.15) is 5.82 Å². The number of hydrogen-bond acceptors (Lipinski definition) is 6. The molecule has 0 saturated heterocycles. The van der Waals surface area contributed by atoms with Crippen molar-refractivity contribution >= 4 is 11.9 Å². The maximum Gasteiger partial charge on any atom is 0.230 e. The van der Waals surface area contributed by atoms with Gasteiger partial charge in [-0.3, -0.25) is 0 Å². The van der Waals surface area contributed by atoms with Crippen LogP contribution in [0.4, 0.5) is 11.9 Å². The summed E-state index contributed by atoms with van der Waals surface area (Å²) in [4.78, 5) is 14.7. The Morgan fingerprint density at radius 2 is 2.00 bits per heavy atom. The van der Waals surface area contributed by atoms with E-state index in [4.69, 9.17) is 10.5 Å². The minimum Gasteiger partial charge on any atom is -0.383 e. The Balaban J connectivity index is 2.98. The Morgan fingerprint density at radius 1 is 1.29 bits per heavy atom. The molecule has 0 bridgehead atoms. The quantitative estimate of drug-likeness (QED) is 0.794. The average Bonchev–Trinajstić information content (AvgIpc) is 2.29. The van der Waals surface area contributed by atoms with Gasteiger partial charge >= 0.3 is 0 Å². The molecule has 1 aromatic rings. The normalized spacial score (nSPS) is 12.5. The molecule has 6 heteroatoms. The van der Waals surface area contributed by atoms with Crippen LogP contribution in [0.3, 0.4) is 0 Å². The van der Waals surface area contributed by atoms with Crippen LogP contribution in [0.5, 0.6) is 0 Å². The molecular weight excluding hydrogens is 218 g/mol. The maximum absolute atomic E-state index is 5.68. The lowest BCUT2D eigenvalue weighted by Gasteiger charge is -2.27. The Kier molecular flexibility index (Phi) is 5.09. The molecule has 1 rings (SSSR count). The van der Waals surface area contributed by atoms with Gasteiger partial charge in [-0.15, -0.1) is 0 Å². The first kappa shape index (κ1) is 13.6. The van der Waals surface area contributed by atoms with Crippen molar-refractivity contribution in [2.75, 3.05) is 30.9 Å². The largest absolute Gasteiger partial charge is 0.383 e. The first-order valence-corrected chi connectivity index (χ1v) is 5.88. The molecule has 0 radical (unpaired) electrons. The highest BCUT2D eigenvalue weighted by Crippen LogP contribution is 2.13. The monoisotopic (exact) mass is 239 g/mol. The summed E-state index contributed by atoms with van der Waals surface area (Å²) in [5, 5.41) is 0. The van der Waals surface area contributed by atoms with Gasteiger partial charge in [-0.2, -0.15) is 15.0 Å². The molecule has 0 fully saturated rings. The summed E-state index contributed by atoms with van der Waals surface area (Å²) in [7, 11) is 1.68. The summed E-state index contributed by atoms with van der Waals surface area (Å²) in [5.41, 5.74) is 5.68. The molecular formula is C11H21N5O. The lowest BCUT2D eigenvalue weighted by molar-refractivity contribution is 0.181. The smallest absolute Gasteiger partial charge is 0.230 e. The van der Waals surface area contributed by atoms with E-state index in [1.54, 1.807) is 7.11 Å². The van der Waals surface area contributed by atoms with E-state index in [0.29, 0.717) is 12.6 Å². The van der Waals surface area contributed by atoms with Crippen LogP contribution in [0, 0.1) is 0 Å². The van der Waals surface area contributed by atoms with E-state index in [1.165, 1.54) is 0 Å². The summed E-state index contributed by atoms with van der Waals surface area (Å²) in [6.07, 6.45) is 0.746. The van der Waals surface area contributed by atoms with Crippen molar-refractivity contribution < 1.29 is 4.74 Å². The standard InChI is InChI=1S/C11H21N5O/c1-5-9-13-10(12)15-11(14-9)16(6-2)8(3)7-17-4/h8H,5-7H2,1-4H3,(H2,12,13,14,15). The second kappa shape index (κ2) is 6.34. The van der Waals surface area contributed by atoms with Gasteiger partial charge < -0.3 is 15.4 Å². The van der Waals surface area contributed by atoms with Crippen LogP contribution in [-0.4, -0.2) is 41.3 Å². The molecule has 1 aromatic heterocycles. The summed E-state index contributed by atoms with van der Waals surface area (Å²) < 4.78 is 5.15. The zero-order valence-corrected chi connectivity index (χ0v) is 11.0. The fourth-order valence-electron chi connectivity index (χ4n) is 1.69. The SMILES string of the molecule is CCc1nc(N)nc(N(CC)C(C)COC)n1. The van der Waals surface area contributed by atoms with Crippen molar-refractivity contribution in [3.63, 3.8) is 0 Å². The molecule has 0 spiro atoms. The molecule has 2 N–H and O–H groups in total. The summed E-state index contributed by atoms with van der Waals surface area (Å²) in [5.74, 6) is 1.62. The second-order valence-electron chi connectivity index (χ2n) is 3.85. The highest BCUT2D eigenvalue weighted by Gasteiger charge is 2.16. The van der Waals surface area contributed by atoms with E-state index in [0.717, 1.165) is 18.8 Å². The first-order chi connectivity index (χ1) is 8.12. The number of anilines is 2. The van der Waals surface area contributed by atoms with E-state index in [9.17, 15) is 0 Å². The number of hydrogen-bond donors (Lipinski definition) is 1. The van der Waals surface area contributed by atoms with Crippen LogP contribution in [-0.2, 0) is 11.2 Å². The maximum atomic E-state index is 5.68. The van der Waals surface area contributed by atoms with Crippen molar-refractivity contribution in [1.82, 2.24) is 15.0 Å². The Morgan fingerprint density at radius 3 is 2.53 bits per heavy atom. The molecule has 0 saturated carbocycles. The fourth-order valence-corrected chi connectivity index (χ4v) is 1.69. The summed E-state index contributed by atoms with van der Waals surface area (Å²) >= 11 is 0. The van der Waals surface area contributed by atoms with Gasteiger partial charge in [0.2, 0.25) is 11.9 Å². The van der Waals surface area contributed by atoms with Crippen LogP contribution in [0.2, 0.25) is 0 Å². The van der Waals surface area contributed by atoms with Gasteiger partial charge in [-0.25, -0.2) is 0 Å². The van der Waals surface area contributed by atoms with Gasteiger partial charge in [0.25, 0.3) is 0 Å². The lowest BCUT2D eigenvalue weighted by atomic mass is 10.3. The van der Waals surface area contributed by atoms with Crippen LogP contribution in [0.25, 0.3) is 0 Å². The van der Waals surface area contributed by atoms with Gasteiger partial charge in [0, 0.05) is 20.1 Å². The number of aryl methyl sites for hydroxylation is 1. The van der Waals surface area contributed by atoms with Crippen molar-refractivity contribution in [1.29, 1.82) is 0 Å². The van der Waals surface area contributed by atoms with Crippen LogP contribution < -0.4 is 10.6 Å². The van der Waals surface area contributed by atoms with E-state index in [-0.39, 0.29) is 12.0 Å². The topological polar surface area (TPSA) is 77.2 Å². The highest BCUT2D eigenvalue weighted by atomic mass is 16.5. The molecule has 6 nitrogen and oxygen atoms in total. The molecule has 1 heterocycles. The minimum atomic E-state index is 0.205. The third-order valence-electron chi connectivity index (χ3n) is 2.54. The summed E-state index contributed by atoms with van der Waals surface area (Å²) in [6.45, 7) is 7.54. The molecule has 0 aliphatic carbocycles. The predicted octanol–water partition coefficient (Wildman–Crippen LogP) is 0.877. The third kappa shape index (κ3) is 3.52. The van der Waals surface area contributed by atoms with Crippen molar-refractivity contribution in [2.45, 2.75) is 33.2 Å². The number of nitrogens with two attached hydrogens (primary N) is 1. The minimum absolute atomic E-state index is 0.205. The van der Waals surface area contributed by atoms with E-state index < -0.39 is 0 Å². The van der Waals surface area contributed by atoms with Gasteiger partial charge in [0.15, 0.2) is 0 Å². The number of methoxy groups -OCH3 is 1.